The van der Waals surface area contributed by atoms with Crippen molar-refractivity contribution in [3.8, 4) is 0 Å². The molecule has 1 heterocycles. The molecule has 0 aliphatic carbocycles. The summed E-state index contributed by atoms with van der Waals surface area (Å²) in [6.45, 7) is 4.80. The maximum Gasteiger partial charge on any atom is 0.237 e. The minimum atomic E-state index is -0.165. The smallest absolute Gasteiger partial charge is 0.237 e. The van der Waals surface area contributed by atoms with Crippen molar-refractivity contribution in [3.63, 3.8) is 0 Å². The zero-order valence-electron chi connectivity index (χ0n) is 12.5. The lowest BCUT2D eigenvalue weighted by atomic mass is 10.1. The number of amides is 2. The number of hydrogen-bond donors (Lipinski definition) is 2. The van der Waals surface area contributed by atoms with Gasteiger partial charge in [-0.2, -0.15) is 0 Å². The van der Waals surface area contributed by atoms with E-state index in [-0.39, 0.29) is 17.1 Å². The molecule has 2 rings (SSSR count). The van der Waals surface area contributed by atoms with Gasteiger partial charge >= 0.3 is 0 Å². The van der Waals surface area contributed by atoms with Gasteiger partial charge in [0.2, 0.25) is 11.8 Å². The Morgan fingerprint density at radius 1 is 1.43 bits per heavy atom. The van der Waals surface area contributed by atoms with E-state index in [0.717, 1.165) is 18.5 Å². The predicted octanol–water partition coefficient (Wildman–Crippen LogP) is 2.45. The third-order valence-electron chi connectivity index (χ3n) is 3.37. The van der Waals surface area contributed by atoms with Crippen LogP contribution in [0.5, 0.6) is 0 Å². The van der Waals surface area contributed by atoms with E-state index in [1.165, 1.54) is 17.3 Å². The summed E-state index contributed by atoms with van der Waals surface area (Å²) in [6, 6.07) is 7.87. The molecule has 114 valence electrons. The van der Waals surface area contributed by atoms with E-state index in [0.29, 0.717) is 18.2 Å². The number of para-hydroxylation sites is 1. The Morgan fingerprint density at radius 2 is 2.19 bits per heavy atom. The Hall–Kier alpha value is -1.49. The van der Waals surface area contributed by atoms with Crippen LogP contribution in [0, 0.1) is 5.92 Å². The number of nitrogens with one attached hydrogen (secondary N) is 2. The van der Waals surface area contributed by atoms with E-state index >= 15 is 0 Å². The maximum absolute atomic E-state index is 12.2. The first-order valence-corrected chi connectivity index (χ1v) is 8.38. The molecule has 0 fully saturated rings. The van der Waals surface area contributed by atoms with Crippen LogP contribution in [-0.2, 0) is 16.0 Å². The molecule has 1 aromatic rings. The van der Waals surface area contributed by atoms with Crippen LogP contribution in [-0.4, -0.2) is 29.4 Å². The Kier molecular flexibility index (Phi) is 5.67. The van der Waals surface area contributed by atoms with Crippen LogP contribution in [0.25, 0.3) is 0 Å². The van der Waals surface area contributed by atoms with Crippen LogP contribution in [0.4, 0.5) is 5.69 Å². The van der Waals surface area contributed by atoms with Gasteiger partial charge < -0.3 is 10.6 Å². The second kappa shape index (κ2) is 7.50. The van der Waals surface area contributed by atoms with Crippen molar-refractivity contribution in [1.82, 2.24) is 5.32 Å². The van der Waals surface area contributed by atoms with Gasteiger partial charge in [0.1, 0.15) is 0 Å². The maximum atomic E-state index is 12.2. The number of thioether (sulfide) groups is 1. The van der Waals surface area contributed by atoms with E-state index in [1.54, 1.807) is 0 Å². The van der Waals surface area contributed by atoms with Gasteiger partial charge in [0.15, 0.2) is 0 Å². The molecule has 5 heteroatoms. The minimum absolute atomic E-state index is 0.00149. The largest absolute Gasteiger partial charge is 0.355 e. The first kappa shape index (κ1) is 15.9. The monoisotopic (exact) mass is 306 g/mol. The molecule has 0 saturated carbocycles. The van der Waals surface area contributed by atoms with E-state index in [2.05, 4.69) is 24.5 Å². The van der Waals surface area contributed by atoms with Gasteiger partial charge in [-0.1, -0.05) is 32.0 Å². The van der Waals surface area contributed by atoms with Gasteiger partial charge in [-0.05, 0) is 30.4 Å². The van der Waals surface area contributed by atoms with Gasteiger partial charge in [0.05, 0.1) is 11.0 Å². The molecule has 0 aromatic heterocycles. The number of carbonyl (C=O) groups is 2. The van der Waals surface area contributed by atoms with Gasteiger partial charge in [-0.25, -0.2) is 0 Å². The molecule has 2 N–H and O–H groups in total. The van der Waals surface area contributed by atoms with E-state index in [4.69, 9.17) is 0 Å². The van der Waals surface area contributed by atoms with Crippen LogP contribution >= 0.6 is 11.8 Å². The topological polar surface area (TPSA) is 58.2 Å². The van der Waals surface area contributed by atoms with Crippen molar-refractivity contribution in [1.29, 1.82) is 0 Å². The lowest BCUT2D eigenvalue weighted by Crippen LogP contribution is -2.31. The zero-order chi connectivity index (χ0) is 15.2. The first-order valence-electron chi connectivity index (χ1n) is 7.33. The highest BCUT2D eigenvalue weighted by Gasteiger charge is 2.24. The van der Waals surface area contributed by atoms with Crippen molar-refractivity contribution < 1.29 is 9.59 Å². The van der Waals surface area contributed by atoms with Gasteiger partial charge in [-0.15, -0.1) is 11.8 Å². The van der Waals surface area contributed by atoms with Crippen LogP contribution in [0.3, 0.4) is 0 Å². The SMILES string of the molecule is CC(C)CNC(=O)CS[C@@H]1CCc2ccccc2NC1=O. The number of anilines is 1. The third kappa shape index (κ3) is 4.77. The summed E-state index contributed by atoms with van der Waals surface area (Å²) in [5.74, 6) is 0.778. The molecule has 2 amide bonds. The number of rotatable bonds is 5. The fraction of sp³-hybridized carbons (Fsp3) is 0.500. The van der Waals surface area contributed by atoms with E-state index in [1.807, 2.05) is 24.3 Å². The van der Waals surface area contributed by atoms with Crippen LogP contribution in [0.1, 0.15) is 25.8 Å². The first-order chi connectivity index (χ1) is 10.1. The highest BCUT2D eigenvalue weighted by Crippen LogP contribution is 2.26. The molecule has 0 saturated heterocycles. The van der Waals surface area contributed by atoms with Crippen LogP contribution < -0.4 is 10.6 Å². The molecule has 0 spiro atoms. The van der Waals surface area contributed by atoms with Crippen LogP contribution in [0.15, 0.2) is 24.3 Å². The third-order valence-corrected chi connectivity index (χ3v) is 4.65. The quantitative estimate of drug-likeness (QED) is 0.878. The molecule has 21 heavy (non-hydrogen) atoms. The summed E-state index contributed by atoms with van der Waals surface area (Å²) in [5, 5.41) is 5.67. The van der Waals surface area contributed by atoms with E-state index < -0.39 is 0 Å². The summed E-state index contributed by atoms with van der Waals surface area (Å²) < 4.78 is 0. The minimum Gasteiger partial charge on any atom is -0.355 e. The summed E-state index contributed by atoms with van der Waals surface area (Å²) in [4.78, 5) is 23.9. The summed E-state index contributed by atoms with van der Waals surface area (Å²) in [7, 11) is 0. The molecule has 1 aliphatic heterocycles. The molecule has 1 aliphatic rings. The average Bonchev–Trinajstić information content (AvgIpc) is 2.61. The molecular weight excluding hydrogens is 284 g/mol. The zero-order valence-corrected chi connectivity index (χ0v) is 13.3. The van der Waals surface area contributed by atoms with Crippen molar-refractivity contribution in [2.45, 2.75) is 31.9 Å². The van der Waals surface area contributed by atoms with Gasteiger partial charge in [0, 0.05) is 12.2 Å². The second-order valence-electron chi connectivity index (χ2n) is 5.68. The summed E-state index contributed by atoms with van der Waals surface area (Å²) in [6.07, 6.45) is 1.63. The molecule has 4 nitrogen and oxygen atoms in total. The molecule has 1 aromatic carbocycles. The number of hydrogen-bond acceptors (Lipinski definition) is 3. The Bertz CT molecular complexity index is 517. The fourth-order valence-corrected chi connectivity index (χ4v) is 3.14. The predicted molar refractivity (Wildman–Crippen MR) is 87.5 cm³/mol. The second-order valence-corrected chi connectivity index (χ2v) is 6.87. The van der Waals surface area contributed by atoms with E-state index in [9.17, 15) is 9.59 Å². The van der Waals surface area contributed by atoms with Crippen molar-refractivity contribution in [2.24, 2.45) is 5.92 Å². The molecular formula is C16H22N2O2S. The van der Waals surface area contributed by atoms with Gasteiger partial charge in [0.25, 0.3) is 0 Å². The van der Waals surface area contributed by atoms with Crippen molar-refractivity contribution in [2.75, 3.05) is 17.6 Å². The number of fused-ring (bicyclic) bond motifs is 1. The summed E-state index contributed by atoms with van der Waals surface area (Å²) >= 11 is 1.43. The average molecular weight is 306 g/mol. The van der Waals surface area contributed by atoms with Crippen molar-refractivity contribution >= 4 is 29.3 Å². The molecule has 0 bridgehead atoms. The lowest BCUT2D eigenvalue weighted by molar-refractivity contribution is -0.118. The number of carbonyl (C=O) groups excluding carboxylic acids is 2. The Labute approximate surface area is 130 Å². The highest BCUT2D eigenvalue weighted by molar-refractivity contribution is 8.01. The molecule has 1 atom stereocenters. The van der Waals surface area contributed by atoms with Crippen molar-refractivity contribution in [3.05, 3.63) is 29.8 Å². The Balaban J connectivity index is 1.85. The number of benzene rings is 1. The summed E-state index contributed by atoms with van der Waals surface area (Å²) in [5.41, 5.74) is 2.06. The Morgan fingerprint density at radius 3 is 2.95 bits per heavy atom. The standard InChI is InChI=1S/C16H22N2O2S/c1-11(2)9-17-15(19)10-21-14-8-7-12-5-3-4-6-13(12)18-16(14)20/h3-6,11,14H,7-10H2,1-2H3,(H,17,19)(H,18,20)/t14-/m1/s1. The van der Waals surface area contributed by atoms with Gasteiger partial charge in [-0.3, -0.25) is 9.59 Å². The lowest BCUT2D eigenvalue weighted by Gasteiger charge is -2.13. The molecule has 0 radical (unpaired) electrons. The fourth-order valence-electron chi connectivity index (χ4n) is 2.20. The highest BCUT2D eigenvalue weighted by atomic mass is 32.2. The van der Waals surface area contributed by atoms with Crippen LogP contribution in [0.2, 0.25) is 0 Å². The molecule has 0 unspecified atom stereocenters. The normalized spacial score (nSPS) is 17.9. The number of aryl methyl sites for hydroxylation is 1.